The lowest BCUT2D eigenvalue weighted by molar-refractivity contribution is -0.130. The van der Waals surface area contributed by atoms with Gasteiger partial charge in [0.2, 0.25) is 0 Å². The van der Waals surface area contributed by atoms with Crippen molar-refractivity contribution in [1.82, 2.24) is 5.32 Å². The van der Waals surface area contributed by atoms with Gasteiger partial charge in [-0.2, -0.15) is 0 Å². The summed E-state index contributed by atoms with van der Waals surface area (Å²) in [4.78, 5) is 24.3. The molecule has 1 aromatic carbocycles. The van der Waals surface area contributed by atoms with E-state index in [1.165, 1.54) is 24.6 Å². The number of nitrogens with one attached hydrogen (secondary N) is 1. The van der Waals surface area contributed by atoms with Crippen LogP contribution in [0.2, 0.25) is 0 Å². The summed E-state index contributed by atoms with van der Waals surface area (Å²) in [6.45, 7) is 5.92. The van der Waals surface area contributed by atoms with Gasteiger partial charge in [0.1, 0.15) is 5.75 Å². The van der Waals surface area contributed by atoms with Crippen molar-refractivity contribution in [3.63, 3.8) is 0 Å². The summed E-state index contributed by atoms with van der Waals surface area (Å²) in [5.41, 5.74) is 0.226. The molecule has 1 amide bonds. The van der Waals surface area contributed by atoms with E-state index < -0.39 is 12.1 Å². The number of aromatic hydroxyl groups is 1. The summed E-state index contributed by atoms with van der Waals surface area (Å²) < 4.78 is 5.19. The van der Waals surface area contributed by atoms with Gasteiger partial charge in [-0.25, -0.2) is 4.79 Å². The van der Waals surface area contributed by atoms with Crippen LogP contribution in [0.1, 0.15) is 50.4 Å². The monoisotopic (exact) mass is 319 g/mol. The van der Waals surface area contributed by atoms with Gasteiger partial charge in [0.15, 0.2) is 6.10 Å². The van der Waals surface area contributed by atoms with Crippen molar-refractivity contribution < 1.29 is 19.4 Å². The molecule has 4 atom stereocenters. The highest BCUT2D eigenvalue weighted by Gasteiger charge is 2.30. The lowest BCUT2D eigenvalue weighted by Crippen LogP contribution is -2.47. The molecule has 126 valence electrons. The Kier molecular flexibility index (Phi) is 5.64. The van der Waals surface area contributed by atoms with Gasteiger partial charge < -0.3 is 15.2 Å². The topological polar surface area (TPSA) is 75.6 Å². The Morgan fingerprint density at radius 1 is 1.30 bits per heavy atom. The summed E-state index contributed by atoms with van der Waals surface area (Å²) in [6.07, 6.45) is 2.39. The van der Waals surface area contributed by atoms with Gasteiger partial charge in [-0.1, -0.05) is 32.8 Å². The smallest absolute Gasteiger partial charge is 0.339 e. The minimum absolute atomic E-state index is 0.0124. The van der Waals surface area contributed by atoms with E-state index in [-0.39, 0.29) is 23.3 Å². The Bertz CT molecular complexity index is 572. The number of phenols is 1. The molecule has 23 heavy (non-hydrogen) atoms. The van der Waals surface area contributed by atoms with Crippen molar-refractivity contribution in [1.29, 1.82) is 0 Å². The van der Waals surface area contributed by atoms with Crippen molar-refractivity contribution in [2.75, 3.05) is 0 Å². The first-order valence-corrected chi connectivity index (χ1v) is 8.19. The van der Waals surface area contributed by atoms with E-state index in [2.05, 4.69) is 19.2 Å². The van der Waals surface area contributed by atoms with Crippen LogP contribution in [-0.4, -0.2) is 29.1 Å². The van der Waals surface area contributed by atoms with Crippen LogP contribution in [0.3, 0.4) is 0 Å². The number of carbonyl (C=O) groups excluding carboxylic acids is 2. The molecule has 0 aromatic heterocycles. The fourth-order valence-electron chi connectivity index (χ4n) is 3.00. The number of ether oxygens (including phenoxy) is 1. The predicted octanol–water partition coefficient (Wildman–Crippen LogP) is 2.88. The fraction of sp³-hybridized carbons (Fsp3) is 0.556. The molecule has 0 heterocycles. The highest BCUT2D eigenvalue weighted by atomic mass is 16.5. The molecule has 0 bridgehead atoms. The number of rotatable bonds is 4. The molecule has 0 radical (unpaired) electrons. The van der Waals surface area contributed by atoms with Crippen LogP contribution in [0.5, 0.6) is 5.75 Å². The summed E-state index contributed by atoms with van der Waals surface area (Å²) in [7, 11) is 0. The van der Waals surface area contributed by atoms with Crippen molar-refractivity contribution in [2.45, 2.75) is 52.2 Å². The first-order valence-electron chi connectivity index (χ1n) is 8.19. The van der Waals surface area contributed by atoms with Crippen LogP contribution in [-0.2, 0) is 9.53 Å². The number of phenolic OH excluding ortho intramolecular Hbond substituents is 1. The number of carbonyl (C=O) groups is 2. The van der Waals surface area contributed by atoms with Gasteiger partial charge in [0.05, 0.1) is 5.56 Å². The molecule has 1 aliphatic rings. The van der Waals surface area contributed by atoms with E-state index in [0.717, 1.165) is 12.8 Å². The van der Waals surface area contributed by atoms with Crippen molar-refractivity contribution in [3.05, 3.63) is 29.8 Å². The molecule has 1 saturated carbocycles. The summed E-state index contributed by atoms with van der Waals surface area (Å²) in [5, 5.41) is 12.4. The van der Waals surface area contributed by atoms with Gasteiger partial charge in [-0.15, -0.1) is 0 Å². The maximum Gasteiger partial charge on any atom is 0.339 e. The Balaban J connectivity index is 1.91. The van der Waals surface area contributed by atoms with Crippen molar-refractivity contribution in [3.8, 4) is 5.75 Å². The molecule has 0 aliphatic heterocycles. The lowest BCUT2D eigenvalue weighted by Gasteiger charge is -2.35. The van der Waals surface area contributed by atoms with Gasteiger partial charge in [-0.3, -0.25) is 4.79 Å². The van der Waals surface area contributed by atoms with Crippen LogP contribution < -0.4 is 5.32 Å². The van der Waals surface area contributed by atoms with Gasteiger partial charge in [0, 0.05) is 6.04 Å². The van der Waals surface area contributed by atoms with E-state index in [1.807, 2.05) is 0 Å². The second-order valence-corrected chi connectivity index (χ2v) is 6.48. The Hall–Kier alpha value is -2.04. The summed E-state index contributed by atoms with van der Waals surface area (Å²) in [5.74, 6) is 0.0977. The minimum Gasteiger partial charge on any atom is -0.508 e. The maximum atomic E-state index is 12.3. The van der Waals surface area contributed by atoms with Crippen molar-refractivity contribution >= 4 is 11.9 Å². The first kappa shape index (κ1) is 17.3. The third kappa shape index (κ3) is 4.47. The average Bonchev–Trinajstić information content (AvgIpc) is 2.51. The van der Waals surface area contributed by atoms with Crippen LogP contribution in [0, 0.1) is 11.8 Å². The fourth-order valence-corrected chi connectivity index (χ4v) is 3.00. The van der Waals surface area contributed by atoms with Crippen molar-refractivity contribution in [2.24, 2.45) is 11.8 Å². The summed E-state index contributed by atoms with van der Waals surface area (Å²) in [6, 6.07) is 6.02. The van der Waals surface area contributed by atoms with Crippen LogP contribution in [0.4, 0.5) is 0 Å². The number of esters is 1. The molecule has 1 aliphatic carbocycles. The van der Waals surface area contributed by atoms with E-state index in [1.54, 1.807) is 13.0 Å². The first-order chi connectivity index (χ1) is 10.9. The Morgan fingerprint density at radius 3 is 2.74 bits per heavy atom. The molecule has 5 heteroatoms. The summed E-state index contributed by atoms with van der Waals surface area (Å²) >= 11 is 0. The van der Waals surface area contributed by atoms with Gasteiger partial charge in [0.25, 0.3) is 5.91 Å². The van der Waals surface area contributed by atoms with Gasteiger partial charge in [-0.05, 0) is 43.4 Å². The highest BCUT2D eigenvalue weighted by Crippen LogP contribution is 2.29. The lowest BCUT2D eigenvalue weighted by atomic mass is 9.78. The number of hydrogen-bond donors (Lipinski definition) is 2. The number of amides is 1. The average molecular weight is 319 g/mol. The molecule has 2 rings (SSSR count). The largest absolute Gasteiger partial charge is 0.508 e. The van der Waals surface area contributed by atoms with Crippen LogP contribution in [0.15, 0.2) is 24.3 Å². The maximum absolute atomic E-state index is 12.3. The quantitative estimate of drug-likeness (QED) is 0.837. The molecule has 1 fully saturated rings. The van der Waals surface area contributed by atoms with Crippen LogP contribution in [0.25, 0.3) is 0 Å². The Morgan fingerprint density at radius 2 is 2.04 bits per heavy atom. The van der Waals surface area contributed by atoms with E-state index in [9.17, 15) is 14.7 Å². The van der Waals surface area contributed by atoms with Crippen LogP contribution >= 0.6 is 0 Å². The predicted molar refractivity (Wildman–Crippen MR) is 87.1 cm³/mol. The Labute approximate surface area is 137 Å². The zero-order valence-electron chi connectivity index (χ0n) is 13.9. The third-order valence-corrected chi connectivity index (χ3v) is 4.77. The molecular formula is C18H25NO4. The second kappa shape index (κ2) is 7.49. The molecular weight excluding hydrogens is 294 g/mol. The number of benzene rings is 1. The normalized spacial score (nSPS) is 25.4. The second-order valence-electron chi connectivity index (χ2n) is 6.48. The highest BCUT2D eigenvalue weighted by molar-refractivity contribution is 5.92. The molecule has 0 spiro atoms. The molecule has 2 N–H and O–H groups in total. The molecule has 1 aromatic rings. The molecule has 5 nitrogen and oxygen atoms in total. The van der Waals surface area contributed by atoms with E-state index >= 15 is 0 Å². The standard InChI is InChI=1S/C18H25NO4/c1-11-6-4-9-16(12(11)2)19-17(21)13(3)23-18(22)14-7-5-8-15(20)10-14/h5,7-8,10-13,16,20H,4,6,9H2,1-3H3,(H,19,21)/t11-,12+,13+,16-/m0/s1. The van der Waals surface area contributed by atoms with Gasteiger partial charge >= 0.3 is 5.97 Å². The third-order valence-electron chi connectivity index (χ3n) is 4.77. The SMILES string of the molecule is C[C@H]1[C@@H](NC(=O)[C@@H](C)OC(=O)c2cccc(O)c2)CCC[C@@H]1C. The zero-order chi connectivity index (χ0) is 17.0. The minimum atomic E-state index is -0.866. The molecule has 0 unspecified atom stereocenters. The van der Waals surface area contributed by atoms with E-state index in [4.69, 9.17) is 4.74 Å². The zero-order valence-corrected chi connectivity index (χ0v) is 13.9. The van der Waals surface area contributed by atoms with E-state index in [0.29, 0.717) is 11.8 Å². The number of hydrogen-bond acceptors (Lipinski definition) is 4. The molecule has 0 saturated heterocycles.